The molecule has 1 amide bonds. The monoisotopic (exact) mass is 345 g/mol. The van der Waals surface area contributed by atoms with Gasteiger partial charge in [0.15, 0.2) is 5.82 Å². The van der Waals surface area contributed by atoms with Crippen molar-refractivity contribution in [3.05, 3.63) is 12.3 Å². The van der Waals surface area contributed by atoms with E-state index in [-0.39, 0.29) is 11.9 Å². The smallest absolute Gasteiger partial charge is 0.250 e. The van der Waals surface area contributed by atoms with Crippen LogP contribution in [0.15, 0.2) is 12.3 Å². The number of hydrogen-bond acceptors (Lipinski definition) is 6. The number of carbonyl (C=O) groups is 1. The van der Waals surface area contributed by atoms with Crippen LogP contribution in [0.3, 0.4) is 0 Å². The standard InChI is InChI=1S/C18H27N5O2/c1-13(2)22-4-5-23-16(12-22)18(24)20(3)15-10-14(11-19-17(15)23)21-6-8-25-9-7-21/h10-11,13,16H,4-9,12H2,1-3H3/t16-/m0/s1. The summed E-state index contributed by atoms with van der Waals surface area (Å²) in [5.41, 5.74) is 1.99. The van der Waals surface area contributed by atoms with Gasteiger partial charge < -0.3 is 19.4 Å². The van der Waals surface area contributed by atoms with Crippen LogP contribution in [0.25, 0.3) is 0 Å². The van der Waals surface area contributed by atoms with Gasteiger partial charge in [0, 0.05) is 45.8 Å². The van der Waals surface area contributed by atoms with Crippen molar-refractivity contribution in [3.63, 3.8) is 0 Å². The summed E-state index contributed by atoms with van der Waals surface area (Å²) in [6, 6.07) is 2.44. The van der Waals surface area contributed by atoms with E-state index < -0.39 is 0 Å². The summed E-state index contributed by atoms with van der Waals surface area (Å²) in [5, 5.41) is 0. The Kier molecular flexibility index (Phi) is 4.29. The number of piperazine rings is 1. The molecule has 1 aromatic heterocycles. The normalized spacial score (nSPS) is 24.6. The molecule has 0 spiro atoms. The predicted octanol–water partition coefficient (Wildman–Crippen LogP) is 0.794. The highest BCUT2D eigenvalue weighted by Crippen LogP contribution is 2.37. The largest absolute Gasteiger partial charge is 0.378 e. The molecular weight excluding hydrogens is 318 g/mol. The van der Waals surface area contributed by atoms with Crippen LogP contribution in [0.1, 0.15) is 13.8 Å². The lowest BCUT2D eigenvalue weighted by Crippen LogP contribution is -2.63. The van der Waals surface area contributed by atoms with Gasteiger partial charge in [-0.1, -0.05) is 0 Å². The van der Waals surface area contributed by atoms with E-state index in [4.69, 9.17) is 9.72 Å². The van der Waals surface area contributed by atoms with E-state index >= 15 is 0 Å². The van der Waals surface area contributed by atoms with Gasteiger partial charge in [-0.25, -0.2) is 4.98 Å². The fraction of sp³-hybridized carbons (Fsp3) is 0.667. The van der Waals surface area contributed by atoms with E-state index in [9.17, 15) is 4.79 Å². The molecule has 136 valence electrons. The quantitative estimate of drug-likeness (QED) is 0.790. The second-order valence-corrected chi connectivity index (χ2v) is 7.33. The zero-order valence-electron chi connectivity index (χ0n) is 15.3. The third-order valence-electron chi connectivity index (χ3n) is 5.60. The minimum atomic E-state index is -0.129. The lowest BCUT2D eigenvalue weighted by atomic mass is 10.0. The van der Waals surface area contributed by atoms with Gasteiger partial charge in [0.2, 0.25) is 0 Å². The summed E-state index contributed by atoms with van der Waals surface area (Å²) in [6.07, 6.45) is 1.94. The Balaban J connectivity index is 1.64. The topological polar surface area (TPSA) is 52.1 Å². The summed E-state index contributed by atoms with van der Waals surface area (Å²) < 4.78 is 5.43. The molecule has 1 atom stereocenters. The molecule has 4 heterocycles. The maximum atomic E-state index is 13.0. The zero-order chi connectivity index (χ0) is 17.6. The van der Waals surface area contributed by atoms with Crippen LogP contribution in [0.2, 0.25) is 0 Å². The van der Waals surface area contributed by atoms with Gasteiger partial charge in [0.1, 0.15) is 6.04 Å². The average molecular weight is 345 g/mol. The number of anilines is 3. The van der Waals surface area contributed by atoms with Crippen molar-refractivity contribution in [1.82, 2.24) is 9.88 Å². The molecule has 2 saturated heterocycles. The van der Waals surface area contributed by atoms with Crippen LogP contribution in [0, 0.1) is 0 Å². The Bertz CT molecular complexity index is 659. The fourth-order valence-corrected chi connectivity index (χ4v) is 3.98. The van der Waals surface area contributed by atoms with Gasteiger partial charge in [0.05, 0.1) is 30.8 Å². The van der Waals surface area contributed by atoms with Gasteiger partial charge in [0.25, 0.3) is 5.91 Å². The lowest BCUT2D eigenvalue weighted by Gasteiger charge is -2.47. The second kappa shape index (κ2) is 6.46. The highest BCUT2D eigenvalue weighted by Gasteiger charge is 2.41. The van der Waals surface area contributed by atoms with Crippen molar-refractivity contribution in [2.75, 3.05) is 67.7 Å². The molecule has 2 fully saturated rings. The molecule has 0 radical (unpaired) electrons. The lowest BCUT2D eigenvalue weighted by molar-refractivity contribution is -0.121. The van der Waals surface area contributed by atoms with Gasteiger partial charge >= 0.3 is 0 Å². The molecular formula is C18H27N5O2. The number of fused-ring (bicyclic) bond motifs is 3. The highest BCUT2D eigenvalue weighted by molar-refractivity contribution is 6.05. The summed E-state index contributed by atoms with van der Waals surface area (Å²) in [6.45, 7) is 10.2. The van der Waals surface area contributed by atoms with Crippen molar-refractivity contribution < 1.29 is 9.53 Å². The molecule has 25 heavy (non-hydrogen) atoms. The van der Waals surface area contributed by atoms with E-state index in [1.54, 1.807) is 4.90 Å². The number of aromatic nitrogens is 1. The second-order valence-electron chi connectivity index (χ2n) is 7.33. The number of ether oxygens (including phenoxy) is 1. The average Bonchev–Trinajstić information content (AvgIpc) is 2.66. The number of pyridine rings is 1. The molecule has 3 aliphatic rings. The first-order valence-electron chi connectivity index (χ1n) is 9.17. The number of morpholine rings is 1. The van der Waals surface area contributed by atoms with Crippen LogP contribution >= 0.6 is 0 Å². The minimum Gasteiger partial charge on any atom is -0.378 e. The molecule has 7 nitrogen and oxygen atoms in total. The van der Waals surface area contributed by atoms with Crippen molar-refractivity contribution in [1.29, 1.82) is 0 Å². The molecule has 0 bridgehead atoms. The summed E-state index contributed by atoms with van der Waals surface area (Å²) in [5.74, 6) is 1.10. The van der Waals surface area contributed by atoms with E-state index in [1.165, 1.54) is 0 Å². The van der Waals surface area contributed by atoms with Crippen LogP contribution in [0.4, 0.5) is 17.2 Å². The molecule has 0 aromatic carbocycles. The number of likely N-dealkylation sites (N-methyl/N-ethyl adjacent to an activating group) is 1. The van der Waals surface area contributed by atoms with Crippen LogP contribution < -0.4 is 14.7 Å². The maximum absolute atomic E-state index is 13.0. The van der Waals surface area contributed by atoms with E-state index in [0.29, 0.717) is 6.04 Å². The molecule has 3 aliphatic heterocycles. The first-order chi connectivity index (χ1) is 12.1. The number of amides is 1. The first kappa shape index (κ1) is 16.6. The number of hydrogen-bond donors (Lipinski definition) is 0. The Morgan fingerprint density at radius 2 is 1.96 bits per heavy atom. The summed E-state index contributed by atoms with van der Waals surface area (Å²) in [7, 11) is 1.87. The molecule has 0 aliphatic carbocycles. The molecule has 4 rings (SSSR count). The summed E-state index contributed by atoms with van der Waals surface area (Å²) in [4.78, 5) is 26.4. The van der Waals surface area contributed by atoms with E-state index in [1.807, 2.05) is 13.2 Å². The molecule has 0 saturated carbocycles. The van der Waals surface area contributed by atoms with Crippen molar-refractivity contribution >= 4 is 23.1 Å². The van der Waals surface area contributed by atoms with Crippen molar-refractivity contribution in [2.45, 2.75) is 25.9 Å². The molecule has 7 heteroatoms. The van der Waals surface area contributed by atoms with Gasteiger partial charge in [-0.15, -0.1) is 0 Å². The third kappa shape index (κ3) is 2.85. The molecule has 0 unspecified atom stereocenters. The maximum Gasteiger partial charge on any atom is 0.250 e. The number of rotatable bonds is 2. The molecule has 0 N–H and O–H groups in total. The highest BCUT2D eigenvalue weighted by atomic mass is 16.5. The Labute approximate surface area is 149 Å². The summed E-state index contributed by atoms with van der Waals surface area (Å²) >= 11 is 0. The first-order valence-corrected chi connectivity index (χ1v) is 9.17. The third-order valence-corrected chi connectivity index (χ3v) is 5.60. The molecule has 1 aromatic rings. The minimum absolute atomic E-state index is 0.129. The fourth-order valence-electron chi connectivity index (χ4n) is 3.98. The predicted molar refractivity (Wildman–Crippen MR) is 98.5 cm³/mol. The van der Waals surface area contributed by atoms with Gasteiger partial charge in [-0.05, 0) is 19.9 Å². The van der Waals surface area contributed by atoms with E-state index in [2.05, 4.69) is 34.6 Å². The van der Waals surface area contributed by atoms with Gasteiger partial charge in [-0.2, -0.15) is 0 Å². The Morgan fingerprint density at radius 3 is 2.68 bits per heavy atom. The van der Waals surface area contributed by atoms with Gasteiger partial charge in [-0.3, -0.25) is 9.69 Å². The Morgan fingerprint density at radius 1 is 1.20 bits per heavy atom. The zero-order valence-corrected chi connectivity index (χ0v) is 15.3. The number of nitrogens with zero attached hydrogens (tertiary/aromatic N) is 5. The van der Waals surface area contributed by atoms with Crippen LogP contribution in [0.5, 0.6) is 0 Å². The van der Waals surface area contributed by atoms with E-state index in [0.717, 1.165) is 63.1 Å². The Hall–Kier alpha value is -1.86. The van der Waals surface area contributed by atoms with Crippen LogP contribution in [-0.2, 0) is 9.53 Å². The van der Waals surface area contributed by atoms with Crippen molar-refractivity contribution in [2.24, 2.45) is 0 Å². The van der Waals surface area contributed by atoms with Crippen LogP contribution in [-0.4, -0.2) is 80.9 Å². The number of carbonyl (C=O) groups excluding carboxylic acids is 1. The van der Waals surface area contributed by atoms with Crippen molar-refractivity contribution in [3.8, 4) is 0 Å². The SMILES string of the molecule is CC(C)N1CCN2c3ncc(N4CCOCC4)cc3N(C)C(=O)[C@@H]2C1.